The lowest BCUT2D eigenvalue weighted by Gasteiger charge is -2.11. The van der Waals surface area contributed by atoms with Gasteiger partial charge in [-0.3, -0.25) is 0 Å². The number of hydrogen-bond donors (Lipinski definition) is 0. The second-order valence-corrected chi connectivity index (χ2v) is 3.90. The van der Waals surface area contributed by atoms with Gasteiger partial charge >= 0.3 is 0 Å². The van der Waals surface area contributed by atoms with E-state index in [1.807, 2.05) is 18.2 Å². The van der Waals surface area contributed by atoms with Gasteiger partial charge in [-0.1, -0.05) is 0 Å². The van der Waals surface area contributed by atoms with Crippen LogP contribution in [0.15, 0.2) is 30.5 Å². The average Bonchev–Trinajstić information content (AvgIpc) is 2.41. The molecule has 0 amide bonds. The lowest BCUT2D eigenvalue weighted by Crippen LogP contribution is -1.93. The summed E-state index contributed by atoms with van der Waals surface area (Å²) >= 11 is 0. The summed E-state index contributed by atoms with van der Waals surface area (Å²) in [5, 5.41) is 0. The summed E-state index contributed by atoms with van der Waals surface area (Å²) in [5.74, 6) is 0.956. The molecule has 0 N–H and O–H groups in total. The first-order valence-electron chi connectivity index (χ1n) is 5.50. The molecule has 0 atom stereocenters. The molecule has 94 valence electrons. The van der Waals surface area contributed by atoms with E-state index in [0.717, 1.165) is 11.1 Å². The Morgan fingerprint density at radius 1 is 1.11 bits per heavy atom. The Morgan fingerprint density at radius 3 is 2.50 bits per heavy atom. The van der Waals surface area contributed by atoms with Crippen molar-refractivity contribution in [3.05, 3.63) is 42.0 Å². The molecule has 0 saturated carbocycles. The van der Waals surface area contributed by atoms with E-state index in [-0.39, 0.29) is 0 Å². The number of benzene rings is 1. The molecule has 0 unspecified atom stereocenters. The molecule has 18 heavy (non-hydrogen) atoms. The molecule has 0 saturated heterocycles. The Morgan fingerprint density at radius 2 is 1.89 bits per heavy atom. The van der Waals surface area contributed by atoms with Crippen molar-refractivity contribution < 1.29 is 13.9 Å². The number of aromatic nitrogens is 1. The van der Waals surface area contributed by atoms with Crippen LogP contribution < -0.4 is 9.47 Å². The molecule has 0 spiro atoms. The third kappa shape index (κ3) is 2.27. The average molecular weight is 247 g/mol. The summed E-state index contributed by atoms with van der Waals surface area (Å²) < 4.78 is 23.6. The summed E-state index contributed by atoms with van der Waals surface area (Å²) in [7, 11) is 3.19. The van der Waals surface area contributed by atoms with Gasteiger partial charge in [0.1, 0.15) is 11.5 Å². The molecule has 2 rings (SSSR count). The van der Waals surface area contributed by atoms with Gasteiger partial charge in [0.15, 0.2) is 0 Å². The van der Waals surface area contributed by atoms with E-state index in [0.29, 0.717) is 17.1 Å². The topological polar surface area (TPSA) is 31.4 Å². The van der Waals surface area contributed by atoms with Gasteiger partial charge in [-0.15, -0.1) is 0 Å². The van der Waals surface area contributed by atoms with Gasteiger partial charge in [0.25, 0.3) is 0 Å². The van der Waals surface area contributed by atoms with Crippen molar-refractivity contribution in [3.63, 3.8) is 0 Å². The molecular weight excluding hydrogens is 233 g/mol. The summed E-state index contributed by atoms with van der Waals surface area (Å²) in [6.07, 6.45) is 1.49. The molecule has 0 radical (unpaired) electrons. The van der Waals surface area contributed by atoms with E-state index in [9.17, 15) is 4.39 Å². The summed E-state index contributed by atoms with van der Waals surface area (Å²) in [6.45, 7) is 1.68. The molecule has 4 heteroatoms. The zero-order valence-corrected chi connectivity index (χ0v) is 10.5. The van der Waals surface area contributed by atoms with Gasteiger partial charge in [-0.2, -0.15) is 4.39 Å². The van der Waals surface area contributed by atoms with Crippen LogP contribution in [0, 0.1) is 12.9 Å². The summed E-state index contributed by atoms with van der Waals surface area (Å²) in [4.78, 5) is 3.72. The van der Waals surface area contributed by atoms with Crippen LogP contribution in [-0.4, -0.2) is 19.2 Å². The molecule has 1 aromatic carbocycles. The van der Waals surface area contributed by atoms with Crippen molar-refractivity contribution in [3.8, 4) is 22.6 Å². The monoisotopic (exact) mass is 247 g/mol. The lowest BCUT2D eigenvalue weighted by atomic mass is 10.0. The van der Waals surface area contributed by atoms with Crippen molar-refractivity contribution in [2.75, 3.05) is 14.2 Å². The molecule has 0 bridgehead atoms. The van der Waals surface area contributed by atoms with E-state index in [1.54, 1.807) is 27.2 Å². The normalized spacial score (nSPS) is 10.2. The first-order chi connectivity index (χ1) is 8.65. The summed E-state index contributed by atoms with van der Waals surface area (Å²) in [5.41, 5.74) is 2.12. The Balaban J connectivity index is 2.57. The minimum atomic E-state index is -0.458. The zero-order chi connectivity index (χ0) is 13.1. The molecule has 1 heterocycles. The first-order valence-corrected chi connectivity index (χ1v) is 5.50. The quantitative estimate of drug-likeness (QED) is 0.780. The fraction of sp³-hybridized carbons (Fsp3) is 0.214. The molecule has 2 aromatic rings. The minimum absolute atomic E-state index is 0.458. The fourth-order valence-electron chi connectivity index (χ4n) is 1.75. The van der Waals surface area contributed by atoms with E-state index in [1.165, 1.54) is 6.20 Å². The smallest absolute Gasteiger partial charge is 0.215 e. The van der Waals surface area contributed by atoms with E-state index < -0.39 is 5.95 Å². The Bertz CT molecular complexity index is 570. The maximum Gasteiger partial charge on any atom is 0.215 e. The van der Waals surface area contributed by atoms with Gasteiger partial charge in [0.05, 0.1) is 14.2 Å². The predicted octanol–water partition coefficient (Wildman–Crippen LogP) is 3.21. The highest BCUT2D eigenvalue weighted by Gasteiger charge is 2.09. The molecule has 3 nitrogen and oxygen atoms in total. The van der Waals surface area contributed by atoms with Crippen molar-refractivity contribution >= 4 is 0 Å². The van der Waals surface area contributed by atoms with Gasteiger partial charge < -0.3 is 9.47 Å². The predicted molar refractivity (Wildman–Crippen MR) is 67.5 cm³/mol. The van der Waals surface area contributed by atoms with Gasteiger partial charge in [-0.05, 0) is 31.2 Å². The van der Waals surface area contributed by atoms with Crippen LogP contribution in [0.2, 0.25) is 0 Å². The molecular formula is C14H14FNO2. The van der Waals surface area contributed by atoms with Crippen LogP contribution in [0.3, 0.4) is 0 Å². The zero-order valence-electron chi connectivity index (χ0n) is 10.5. The second kappa shape index (κ2) is 5.04. The van der Waals surface area contributed by atoms with E-state index in [2.05, 4.69) is 4.98 Å². The van der Waals surface area contributed by atoms with Crippen LogP contribution in [0.4, 0.5) is 4.39 Å². The number of rotatable bonds is 3. The number of pyridine rings is 1. The maximum absolute atomic E-state index is 13.2. The SMILES string of the molecule is COc1ccc(OC)c(-c2cnc(F)c(C)c2)c1. The van der Waals surface area contributed by atoms with Gasteiger partial charge in [0, 0.05) is 22.9 Å². The number of hydrogen-bond acceptors (Lipinski definition) is 3. The van der Waals surface area contributed by atoms with Crippen LogP contribution in [0.5, 0.6) is 11.5 Å². The van der Waals surface area contributed by atoms with Crippen LogP contribution in [0.1, 0.15) is 5.56 Å². The number of ether oxygens (including phenoxy) is 2. The molecule has 0 aliphatic carbocycles. The van der Waals surface area contributed by atoms with Crippen LogP contribution in [-0.2, 0) is 0 Å². The van der Waals surface area contributed by atoms with Gasteiger partial charge in [-0.25, -0.2) is 4.98 Å². The largest absolute Gasteiger partial charge is 0.497 e. The van der Waals surface area contributed by atoms with Crippen molar-refractivity contribution in [2.24, 2.45) is 0 Å². The Hall–Kier alpha value is -2.10. The van der Waals surface area contributed by atoms with Crippen molar-refractivity contribution in [2.45, 2.75) is 6.92 Å². The Labute approximate surface area is 105 Å². The highest BCUT2D eigenvalue weighted by molar-refractivity contribution is 5.71. The highest BCUT2D eigenvalue weighted by atomic mass is 19.1. The number of nitrogens with zero attached hydrogens (tertiary/aromatic N) is 1. The first kappa shape index (κ1) is 12.4. The van der Waals surface area contributed by atoms with Crippen molar-refractivity contribution in [1.29, 1.82) is 0 Å². The van der Waals surface area contributed by atoms with E-state index in [4.69, 9.17) is 9.47 Å². The molecule has 1 aromatic heterocycles. The number of methoxy groups -OCH3 is 2. The van der Waals surface area contributed by atoms with E-state index >= 15 is 0 Å². The maximum atomic E-state index is 13.2. The fourth-order valence-corrected chi connectivity index (χ4v) is 1.75. The third-order valence-corrected chi connectivity index (χ3v) is 2.73. The van der Waals surface area contributed by atoms with Crippen LogP contribution in [0.25, 0.3) is 11.1 Å². The minimum Gasteiger partial charge on any atom is -0.497 e. The van der Waals surface area contributed by atoms with Crippen LogP contribution >= 0.6 is 0 Å². The second-order valence-electron chi connectivity index (χ2n) is 3.90. The number of aryl methyl sites for hydroxylation is 1. The third-order valence-electron chi connectivity index (χ3n) is 2.73. The molecule has 0 aliphatic rings. The van der Waals surface area contributed by atoms with Crippen molar-refractivity contribution in [1.82, 2.24) is 4.98 Å². The number of halogens is 1. The molecule has 0 fully saturated rings. The van der Waals surface area contributed by atoms with Gasteiger partial charge in [0.2, 0.25) is 5.95 Å². The molecule has 0 aliphatic heterocycles. The Kier molecular flexibility index (Phi) is 3.46. The highest BCUT2D eigenvalue weighted by Crippen LogP contribution is 2.33. The summed E-state index contributed by atoms with van der Waals surface area (Å²) in [6, 6.07) is 7.20. The standard InChI is InChI=1S/C14H14FNO2/c1-9-6-10(8-16-14(9)15)12-7-11(17-2)4-5-13(12)18-3/h4-8H,1-3H3. The lowest BCUT2D eigenvalue weighted by molar-refractivity contribution is 0.404.